The third-order valence-corrected chi connectivity index (χ3v) is 3.09. The molecule has 0 fully saturated rings. The molecule has 0 saturated carbocycles. The number of benzene rings is 1. The fourth-order valence-electron chi connectivity index (χ4n) is 1.42. The van der Waals surface area contributed by atoms with Crippen molar-refractivity contribution < 1.29 is 4.39 Å². The average molecular weight is 302 g/mol. The highest BCUT2D eigenvalue weighted by molar-refractivity contribution is 9.10. The quantitative estimate of drug-likeness (QED) is 0.948. The number of hydrogen-bond acceptors (Lipinski definition) is 4. The lowest BCUT2D eigenvalue weighted by Gasteiger charge is -2.08. The van der Waals surface area contributed by atoms with Crippen LogP contribution in [0.15, 0.2) is 28.9 Å². The molecule has 0 saturated heterocycles. The summed E-state index contributed by atoms with van der Waals surface area (Å²) in [4.78, 5) is 0. The second-order valence-electron chi connectivity index (χ2n) is 3.42. The van der Waals surface area contributed by atoms with Crippen LogP contribution in [0, 0.1) is 5.82 Å². The summed E-state index contributed by atoms with van der Waals surface area (Å²) in [5, 5.41) is 0. The first-order valence-electron chi connectivity index (χ1n) is 4.63. The standard InChI is InChI=1S/C10H9BrFN3S/c11-7-1-6(2-8(12)4-7)3-9(13)10-5-14-16-15-10/h1-2,4-5,9H,3,13H2. The minimum Gasteiger partial charge on any atom is -0.322 e. The fourth-order valence-corrected chi connectivity index (χ4v) is 2.41. The molecule has 1 aromatic heterocycles. The number of nitrogens with zero attached hydrogens (tertiary/aromatic N) is 2. The molecule has 84 valence electrons. The molecule has 6 heteroatoms. The molecular formula is C10H9BrFN3S. The first-order valence-corrected chi connectivity index (χ1v) is 6.15. The maximum absolute atomic E-state index is 13.1. The van der Waals surface area contributed by atoms with Gasteiger partial charge in [0.25, 0.3) is 0 Å². The van der Waals surface area contributed by atoms with Crippen molar-refractivity contribution in [1.82, 2.24) is 8.75 Å². The fraction of sp³-hybridized carbons (Fsp3) is 0.200. The second kappa shape index (κ2) is 4.99. The molecule has 2 aromatic rings. The molecule has 1 heterocycles. The minimum absolute atomic E-state index is 0.243. The lowest BCUT2D eigenvalue weighted by molar-refractivity contribution is 0.620. The normalized spacial score (nSPS) is 12.7. The molecule has 0 aliphatic rings. The first kappa shape index (κ1) is 11.6. The van der Waals surface area contributed by atoms with Crippen LogP contribution in [-0.2, 0) is 6.42 Å². The Hall–Kier alpha value is -0.850. The van der Waals surface area contributed by atoms with Crippen molar-refractivity contribution in [1.29, 1.82) is 0 Å². The summed E-state index contributed by atoms with van der Waals surface area (Å²) in [7, 11) is 0. The Morgan fingerprint density at radius 1 is 1.44 bits per heavy atom. The monoisotopic (exact) mass is 301 g/mol. The number of halogens is 2. The van der Waals surface area contributed by atoms with Crippen molar-refractivity contribution >= 4 is 27.7 Å². The average Bonchev–Trinajstić information content (AvgIpc) is 2.68. The highest BCUT2D eigenvalue weighted by Gasteiger charge is 2.10. The Labute approximate surface area is 105 Å². The van der Waals surface area contributed by atoms with E-state index >= 15 is 0 Å². The number of hydrogen-bond donors (Lipinski definition) is 1. The van der Waals surface area contributed by atoms with Gasteiger partial charge in [-0.25, -0.2) is 4.39 Å². The van der Waals surface area contributed by atoms with Gasteiger partial charge in [0.05, 0.1) is 29.7 Å². The van der Waals surface area contributed by atoms with Crippen LogP contribution in [0.3, 0.4) is 0 Å². The molecule has 3 nitrogen and oxygen atoms in total. The summed E-state index contributed by atoms with van der Waals surface area (Å²) in [5.41, 5.74) is 7.52. The topological polar surface area (TPSA) is 51.8 Å². The van der Waals surface area contributed by atoms with Gasteiger partial charge in [0.2, 0.25) is 0 Å². The van der Waals surface area contributed by atoms with E-state index in [0.29, 0.717) is 10.9 Å². The van der Waals surface area contributed by atoms with Gasteiger partial charge < -0.3 is 5.73 Å². The Morgan fingerprint density at radius 2 is 2.25 bits per heavy atom. The molecule has 0 amide bonds. The molecule has 0 aliphatic carbocycles. The zero-order valence-electron chi connectivity index (χ0n) is 8.23. The summed E-state index contributed by atoms with van der Waals surface area (Å²) in [6, 6.07) is 4.50. The zero-order valence-corrected chi connectivity index (χ0v) is 10.6. The van der Waals surface area contributed by atoms with Gasteiger partial charge in [-0.05, 0) is 30.2 Å². The molecular weight excluding hydrogens is 293 g/mol. The van der Waals surface area contributed by atoms with E-state index in [1.165, 1.54) is 12.1 Å². The van der Waals surface area contributed by atoms with E-state index in [2.05, 4.69) is 24.7 Å². The SMILES string of the molecule is NC(Cc1cc(F)cc(Br)c1)c1cnsn1. The largest absolute Gasteiger partial charge is 0.322 e. The van der Waals surface area contributed by atoms with Crippen LogP contribution in [0.5, 0.6) is 0 Å². The van der Waals surface area contributed by atoms with E-state index < -0.39 is 0 Å². The lowest BCUT2D eigenvalue weighted by Crippen LogP contribution is -2.13. The van der Waals surface area contributed by atoms with E-state index in [1.54, 1.807) is 6.20 Å². The summed E-state index contributed by atoms with van der Waals surface area (Å²) in [6.07, 6.45) is 2.19. The Bertz CT molecular complexity index is 455. The Balaban J connectivity index is 2.15. The third kappa shape index (κ3) is 2.84. The summed E-state index contributed by atoms with van der Waals surface area (Å²) < 4.78 is 21.8. The van der Waals surface area contributed by atoms with Crippen molar-refractivity contribution in [2.45, 2.75) is 12.5 Å². The van der Waals surface area contributed by atoms with Crippen LogP contribution in [0.25, 0.3) is 0 Å². The maximum atomic E-state index is 13.1. The van der Waals surface area contributed by atoms with Gasteiger partial charge in [-0.15, -0.1) is 0 Å². The first-order chi connectivity index (χ1) is 7.65. The van der Waals surface area contributed by atoms with Gasteiger partial charge in [-0.2, -0.15) is 8.75 Å². The van der Waals surface area contributed by atoms with Crippen molar-refractivity contribution in [2.75, 3.05) is 0 Å². The number of aromatic nitrogens is 2. The molecule has 2 N–H and O–H groups in total. The molecule has 2 rings (SSSR count). The predicted molar refractivity (Wildman–Crippen MR) is 64.6 cm³/mol. The lowest BCUT2D eigenvalue weighted by atomic mass is 10.0. The molecule has 0 spiro atoms. The van der Waals surface area contributed by atoms with Gasteiger partial charge in [-0.1, -0.05) is 15.9 Å². The van der Waals surface area contributed by atoms with Crippen LogP contribution in [0.2, 0.25) is 0 Å². The molecule has 1 atom stereocenters. The van der Waals surface area contributed by atoms with E-state index in [4.69, 9.17) is 5.73 Å². The highest BCUT2D eigenvalue weighted by Crippen LogP contribution is 2.19. The number of rotatable bonds is 3. The summed E-state index contributed by atoms with van der Waals surface area (Å²) in [6.45, 7) is 0. The van der Waals surface area contributed by atoms with Crippen LogP contribution < -0.4 is 5.73 Å². The van der Waals surface area contributed by atoms with Crippen molar-refractivity contribution in [3.63, 3.8) is 0 Å². The third-order valence-electron chi connectivity index (χ3n) is 2.14. The van der Waals surface area contributed by atoms with Gasteiger partial charge >= 0.3 is 0 Å². The smallest absolute Gasteiger partial charge is 0.124 e. The van der Waals surface area contributed by atoms with Gasteiger partial charge in [0.15, 0.2) is 0 Å². The van der Waals surface area contributed by atoms with E-state index in [-0.39, 0.29) is 11.9 Å². The van der Waals surface area contributed by atoms with Crippen molar-refractivity contribution in [2.24, 2.45) is 5.73 Å². The summed E-state index contributed by atoms with van der Waals surface area (Å²) >= 11 is 4.37. The maximum Gasteiger partial charge on any atom is 0.124 e. The van der Waals surface area contributed by atoms with Crippen molar-refractivity contribution in [3.8, 4) is 0 Å². The Morgan fingerprint density at radius 3 is 2.88 bits per heavy atom. The van der Waals surface area contributed by atoms with Crippen molar-refractivity contribution in [3.05, 3.63) is 45.9 Å². The number of nitrogens with two attached hydrogens (primary N) is 1. The van der Waals surface area contributed by atoms with E-state index in [9.17, 15) is 4.39 Å². The highest BCUT2D eigenvalue weighted by atomic mass is 79.9. The molecule has 16 heavy (non-hydrogen) atoms. The minimum atomic E-state index is -0.270. The molecule has 0 radical (unpaired) electrons. The second-order valence-corrected chi connectivity index (χ2v) is 4.89. The van der Waals surface area contributed by atoms with E-state index in [1.807, 2.05) is 6.07 Å². The van der Waals surface area contributed by atoms with Crippen LogP contribution in [-0.4, -0.2) is 8.75 Å². The molecule has 0 aliphatic heterocycles. The predicted octanol–water partition coefficient (Wildman–Crippen LogP) is 2.68. The van der Waals surface area contributed by atoms with Crippen LogP contribution in [0.1, 0.15) is 17.3 Å². The van der Waals surface area contributed by atoms with Gasteiger partial charge in [0, 0.05) is 4.47 Å². The summed E-state index contributed by atoms with van der Waals surface area (Å²) in [5.74, 6) is -0.270. The van der Waals surface area contributed by atoms with Gasteiger partial charge in [0.1, 0.15) is 5.82 Å². The molecule has 1 unspecified atom stereocenters. The Kier molecular flexibility index (Phi) is 3.63. The molecule has 0 bridgehead atoms. The van der Waals surface area contributed by atoms with Crippen LogP contribution in [0.4, 0.5) is 4.39 Å². The molecule has 1 aromatic carbocycles. The zero-order chi connectivity index (χ0) is 11.5. The van der Waals surface area contributed by atoms with E-state index in [0.717, 1.165) is 23.0 Å². The van der Waals surface area contributed by atoms with Crippen LogP contribution >= 0.6 is 27.7 Å². The van der Waals surface area contributed by atoms with Gasteiger partial charge in [-0.3, -0.25) is 0 Å².